The molecule has 40 heavy (non-hydrogen) atoms. The smallest absolute Gasteiger partial charge is 0.241 e. The number of allylic oxidation sites excluding steroid dienone is 2. The first-order valence-corrected chi connectivity index (χ1v) is 14.4. The molecule has 0 radical (unpaired) electrons. The molecule has 3 fully saturated rings. The van der Waals surface area contributed by atoms with E-state index in [0.29, 0.717) is 30.0 Å². The summed E-state index contributed by atoms with van der Waals surface area (Å²) in [6, 6.07) is 16.1. The number of thiophene rings is 1. The molecule has 1 saturated carbocycles. The molecule has 7 rings (SSSR count). The average molecular weight is 557 g/mol. The number of para-hydroxylation sites is 1. The lowest BCUT2D eigenvalue weighted by molar-refractivity contribution is -0.141. The van der Waals surface area contributed by atoms with Crippen molar-refractivity contribution in [3.05, 3.63) is 88.0 Å². The van der Waals surface area contributed by atoms with E-state index in [4.69, 9.17) is 4.42 Å². The second kappa shape index (κ2) is 9.11. The van der Waals surface area contributed by atoms with Gasteiger partial charge in [0.1, 0.15) is 18.1 Å². The number of furan rings is 1. The number of hydrogen-bond acceptors (Lipinski definition) is 7. The number of anilines is 1. The standard InChI is InChI=1S/C31H28N2O6S/c1-31-23(28(36)33(30(31)38)17-6-3-2-4-7-17)14-22-20(26(31)24-12-9-18(16-34)39-24)10-11-21-25(22)29(37)32(27(21)35)15-19-8-5-13-40-19/h2-10,12-13,21-23,25-26,34H,11,14-16H2,1H3. The van der Waals surface area contributed by atoms with Crippen molar-refractivity contribution in [2.24, 2.45) is 29.1 Å². The number of hydrogen-bond donors (Lipinski definition) is 1. The van der Waals surface area contributed by atoms with Crippen LogP contribution in [0.15, 0.2) is 76.0 Å². The van der Waals surface area contributed by atoms with Crippen molar-refractivity contribution < 1.29 is 28.7 Å². The van der Waals surface area contributed by atoms with Crippen molar-refractivity contribution in [3.63, 3.8) is 0 Å². The first-order valence-electron chi connectivity index (χ1n) is 13.5. The fourth-order valence-electron chi connectivity index (χ4n) is 7.55. The van der Waals surface area contributed by atoms with Gasteiger partial charge in [0.05, 0.1) is 41.3 Å². The van der Waals surface area contributed by atoms with Crippen molar-refractivity contribution in [2.45, 2.75) is 38.8 Å². The highest BCUT2D eigenvalue weighted by molar-refractivity contribution is 7.09. The lowest BCUT2D eigenvalue weighted by Gasteiger charge is -2.48. The minimum absolute atomic E-state index is 0.177. The maximum absolute atomic E-state index is 14.2. The third-order valence-electron chi connectivity index (χ3n) is 9.40. The zero-order valence-electron chi connectivity index (χ0n) is 21.9. The van der Waals surface area contributed by atoms with Crippen LogP contribution in [0.4, 0.5) is 5.69 Å². The van der Waals surface area contributed by atoms with Gasteiger partial charge in [-0.25, -0.2) is 4.90 Å². The highest BCUT2D eigenvalue weighted by atomic mass is 32.1. The molecule has 2 saturated heterocycles. The highest BCUT2D eigenvalue weighted by Gasteiger charge is 2.68. The van der Waals surface area contributed by atoms with Crippen LogP contribution >= 0.6 is 11.3 Å². The summed E-state index contributed by atoms with van der Waals surface area (Å²) in [7, 11) is 0. The van der Waals surface area contributed by atoms with Crippen molar-refractivity contribution >= 4 is 40.7 Å². The van der Waals surface area contributed by atoms with Gasteiger partial charge in [-0.05, 0) is 61.4 Å². The van der Waals surface area contributed by atoms with E-state index in [-0.39, 0.29) is 42.7 Å². The number of carbonyl (C=O) groups excluding carboxylic acids is 4. The summed E-state index contributed by atoms with van der Waals surface area (Å²) in [6.07, 6.45) is 2.69. The largest absolute Gasteiger partial charge is 0.463 e. The Morgan fingerprint density at radius 2 is 1.77 bits per heavy atom. The van der Waals surface area contributed by atoms with Gasteiger partial charge in [-0.3, -0.25) is 24.1 Å². The summed E-state index contributed by atoms with van der Waals surface area (Å²) < 4.78 is 6.04. The minimum atomic E-state index is -1.16. The number of aliphatic hydroxyl groups excluding tert-OH is 1. The Kier molecular flexibility index (Phi) is 5.73. The Balaban J connectivity index is 1.33. The molecule has 2 aliphatic carbocycles. The molecule has 6 unspecified atom stereocenters. The zero-order chi connectivity index (χ0) is 27.8. The fraction of sp³-hybridized carbons (Fsp3) is 0.355. The summed E-state index contributed by atoms with van der Waals surface area (Å²) in [4.78, 5) is 59.2. The quantitative estimate of drug-likeness (QED) is 0.372. The van der Waals surface area contributed by atoms with Crippen LogP contribution in [0.2, 0.25) is 0 Å². The Labute approximate surface area is 234 Å². The van der Waals surface area contributed by atoms with Gasteiger partial charge < -0.3 is 9.52 Å². The Hall–Kier alpha value is -3.82. The molecule has 1 aromatic carbocycles. The lowest BCUT2D eigenvalue weighted by atomic mass is 9.52. The topological polar surface area (TPSA) is 108 Å². The van der Waals surface area contributed by atoms with Crippen molar-refractivity contribution in [1.29, 1.82) is 0 Å². The van der Waals surface area contributed by atoms with Gasteiger partial charge in [0, 0.05) is 4.88 Å². The minimum Gasteiger partial charge on any atom is -0.463 e. The lowest BCUT2D eigenvalue weighted by Crippen LogP contribution is -2.48. The van der Waals surface area contributed by atoms with Crippen molar-refractivity contribution in [2.75, 3.05) is 4.90 Å². The molecule has 4 aliphatic rings. The molecular weight excluding hydrogens is 528 g/mol. The van der Waals surface area contributed by atoms with Gasteiger partial charge in [0.15, 0.2) is 0 Å². The summed E-state index contributed by atoms with van der Waals surface area (Å²) in [5.41, 5.74) is 0.218. The predicted molar refractivity (Wildman–Crippen MR) is 146 cm³/mol. The SMILES string of the molecule is CC12C(=O)N(c3ccccc3)C(=O)C1CC1C(=CCC3C(=O)N(Cc4cccs4)C(=O)C31)C2c1ccc(CO)o1. The normalized spacial score (nSPS) is 31.4. The number of benzene rings is 1. The Morgan fingerprint density at radius 3 is 2.48 bits per heavy atom. The number of nitrogens with zero attached hydrogens (tertiary/aromatic N) is 2. The molecule has 8 nitrogen and oxygen atoms in total. The Morgan fingerprint density at radius 1 is 0.975 bits per heavy atom. The van der Waals surface area contributed by atoms with Crippen LogP contribution in [0.25, 0.3) is 0 Å². The monoisotopic (exact) mass is 556 g/mol. The van der Waals surface area contributed by atoms with Crippen LogP contribution in [0.3, 0.4) is 0 Å². The predicted octanol–water partition coefficient (Wildman–Crippen LogP) is 4.26. The van der Waals surface area contributed by atoms with Crippen LogP contribution in [0.5, 0.6) is 0 Å². The Bertz CT molecular complexity index is 1560. The van der Waals surface area contributed by atoms with Gasteiger partial charge >= 0.3 is 0 Å². The van der Waals surface area contributed by atoms with E-state index < -0.39 is 29.1 Å². The van der Waals surface area contributed by atoms with E-state index in [9.17, 15) is 24.3 Å². The van der Waals surface area contributed by atoms with Crippen molar-refractivity contribution in [1.82, 2.24) is 4.90 Å². The molecule has 4 amide bonds. The number of rotatable bonds is 5. The number of carbonyl (C=O) groups is 4. The molecule has 0 bridgehead atoms. The second-order valence-corrected chi connectivity index (χ2v) is 12.3. The molecule has 4 heterocycles. The second-order valence-electron chi connectivity index (χ2n) is 11.3. The summed E-state index contributed by atoms with van der Waals surface area (Å²) >= 11 is 1.50. The average Bonchev–Trinajstić information content (AvgIpc) is 3.74. The van der Waals surface area contributed by atoms with Crippen LogP contribution in [-0.4, -0.2) is 33.6 Å². The molecule has 2 aliphatic heterocycles. The van der Waals surface area contributed by atoms with Gasteiger partial charge in [0.2, 0.25) is 23.6 Å². The van der Waals surface area contributed by atoms with Crippen LogP contribution in [-0.2, 0) is 32.3 Å². The fourth-order valence-corrected chi connectivity index (χ4v) is 8.25. The molecule has 9 heteroatoms. The van der Waals surface area contributed by atoms with E-state index in [2.05, 4.69) is 0 Å². The van der Waals surface area contributed by atoms with Crippen LogP contribution < -0.4 is 4.90 Å². The number of amides is 4. The molecular formula is C31H28N2O6S. The van der Waals surface area contributed by atoms with Crippen molar-refractivity contribution in [3.8, 4) is 0 Å². The molecule has 2 aromatic heterocycles. The molecule has 3 aromatic rings. The van der Waals surface area contributed by atoms with E-state index >= 15 is 0 Å². The van der Waals surface area contributed by atoms with Gasteiger partial charge in [-0.15, -0.1) is 11.3 Å². The van der Waals surface area contributed by atoms with Gasteiger partial charge in [-0.1, -0.05) is 35.9 Å². The van der Waals surface area contributed by atoms with Gasteiger partial charge in [0.25, 0.3) is 0 Å². The molecule has 0 spiro atoms. The van der Waals surface area contributed by atoms with E-state index in [1.807, 2.05) is 36.6 Å². The third-order valence-corrected chi connectivity index (χ3v) is 10.3. The number of likely N-dealkylation sites (tertiary alicyclic amines) is 1. The third kappa shape index (κ3) is 3.40. The number of imide groups is 2. The van der Waals surface area contributed by atoms with E-state index in [1.165, 1.54) is 21.1 Å². The number of aliphatic hydroxyl groups is 1. The molecule has 1 N–H and O–H groups in total. The van der Waals surface area contributed by atoms with Crippen LogP contribution in [0.1, 0.15) is 42.1 Å². The van der Waals surface area contributed by atoms with E-state index in [1.54, 1.807) is 36.4 Å². The highest BCUT2D eigenvalue weighted by Crippen LogP contribution is 2.63. The summed E-state index contributed by atoms with van der Waals surface area (Å²) in [5, 5.41) is 11.6. The van der Waals surface area contributed by atoms with Gasteiger partial charge in [-0.2, -0.15) is 0 Å². The first kappa shape index (κ1) is 25.2. The number of fused-ring (bicyclic) bond motifs is 4. The maximum atomic E-state index is 14.2. The molecule has 204 valence electrons. The summed E-state index contributed by atoms with van der Waals surface area (Å²) in [5.74, 6) is -2.96. The first-order chi connectivity index (χ1) is 19.3. The van der Waals surface area contributed by atoms with E-state index in [0.717, 1.165) is 10.5 Å². The maximum Gasteiger partial charge on any atom is 0.241 e. The zero-order valence-corrected chi connectivity index (χ0v) is 22.7. The molecule has 6 atom stereocenters. The van der Waals surface area contributed by atoms with Crippen LogP contribution in [0, 0.1) is 29.1 Å². The summed E-state index contributed by atoms with van der Waals surface area (Å²) in [6.45, 7) is 1.76.